The van der Waals surface area contributed by atoms with Crippen LogP contribution < -0.4 is 0 Å². The van der Waals surface area contributed by atoms with Crippen LogP contribution in [0.25, 0.3) is 10.9 Å². The fourth-order valence-electron chi connectivity index (χ4n) is 1.46. The molecule has 1 heterocycles. The van der Waals surface area contributed by atoms with Crippen molar-refractivity contribution >= 4 is 38.4 Å². The Hall–Kier alpha value is -0.600. The summed E-state index contributed by atoms with van der Waals surface area (Å²) < 4.78 is 0.999. The highest BCUT2D eigenvalue weighted by Crippen LogP contribution is 2.32. The Morgan fingerprint density at radius 2 is 1.93 bits per heavy atom. The number of fused-ring (bicyclic) bond motifs is 1. The summed E-state index contributed by atoms with van der Waals surface area (Å²) in [4.78, 5) is 4.39. The third kappa shape index (κ3) is 1.43. The maximum Gasteiger partial charge on any atom is 0.0757 e. The number of aryl methyl sites for hydroxylation is 2. The zero-order valence-electron chi connectivity index (χ0n) is 7.94. The summed E-state index contributed by atoms with van der Waals surface area (Å²) in [5.74, 6) is 0. The zero-order chi connectivity index (χ0) is 10.3. The topological polar surface area (TPSA) is 12.9 Å². The smallest absolute Gasteiger partial charge is 0.0757 e. The summed E-state index contributed by atoms with van der Waals surface area (Å²) in [5, 5.41) is 1.79. The summed E-state index contributed by atoms with van der Waals surface area (Å²) >= 11 is 9.72. The van der Waals surface area contributed by atoms with Crippen molar-refractivity contribution in [3.8, 4) is 0 Å². The van der Waals surface area contributed by atoms with E-state index in [1.807, 2.05) is 32.2 Å². The third-order valence-corrected chi connectivity index (χ3v) is 3.43. The number of rotatable bonds is 0. The molecule has 3 heteroatoms. The van der Waals surface area contributed by atoms with Gasteiger partial charge in [-0.3, -0.25) is 4.98 Å². The number of nitrogens with zero attached hydrogens (tertiary/aromatic N) is 1. The van der Waals surface area contributed by atoms with Crippen molar-refractivity contribution in [3.05, 3.63) is 39.0 Å². The van der Waals surface area contributed by atoms with Crippen molar-refractivity contribution in [2.24, 2.45) is 0 Å². The van der Waals surface area contributed by atoms with Crippen LogP contribution in [0.15, 0.2) is 22.8 Å². The lowest BCUT2D eigenvalue weighted by Gasteiger charge is -2.07. The SMILES string of the molecule is Cc1cnc2c(C)ccc(Br)c2c1Cl. The van der Waals surface area contributed by atoms with Gasteiger partial charge in [0.15, 0.2) is 0 Å². The summed E-state index contributed by atoms with van der Waals surface area (Å²) in [6, 6.07) is 4.04. The number of hydrogen-bond acceptors (Lipinski definition) is 1. The lowest BCUT2D eigenvalue weighted by Crippen LogP contribution is -1.88. The van der Waals surface area contributed by atoms with E-state index in [1.54, 1.807) is 0 Å². The standard InChI is InChI=1S/C11H9BrClN/c1-6-3-4-8(12)9-10(13)7(2)5-14-11(6)9/h3-5H,1-2H3. The van der Waals surface area contributed by atoms with Gasteiger partial charge in [-0.05, 0) is 31.0 Å². The molecule has 2 aromatic rings. The van der Waals surface area contributed by atoms with E-state index in [9.17, 15) is 0 Å². The first-order valence-electron chi connectivity index (χ1n) is 4.31. The summed E-state index contributed by atoms with van der Waals surface area (Å²) in [6.45, 7) is 4.00. The number of pyridine rings is 1. The lowest BCUT2D eigenvalue weighted by atomic mass is 10.1. The van der Waals surface area contributed by atoms with Crippen molar-refractivity contribution in [1.82, 2.24) is 4.98 Å². The minimum atomic E-state index is 0.783. The number of hydrogen-bond donors (Lipinski definition) is 0. The highest BCUT2D eigenvalue weighted by atomic mass is 79.9. The van der Waals surface area contributed by atoms with E-state index >= 15 is 0 Å². The van der Waals surface area contributed by atoms with E-state index in [4.69, 9.17) is 11.6 Å². The third-order valence-electron chi connectivity index (χ3n) is 2.28. The maximum atomic E-state index is 6.23. The fraction of sp³-hybridized carbons (Fsp3) is 0.182. The maximum absolute atomic E-state index is 6.23. The summed E-state index contributed by atoms with van der Waals surface area (Å²) in [6.07, 6.45) is 1.81. The van der Waals surface area contributed by atoms with Crippen LogP contribution in [0.1, 0.15) is 11.1 Å². The van der Waals surface area contributed by atoms with Crippen molar-refractivity contribution in [1.29, 1.82) is 0 Å². The molecule has 0 fully saturated rings. The number of halogens is 2. The lowest BCUT2D eigenvalue weighted by molar-refractivity contribution is 1.31. The Labute approximate surface area is 96.2 Å². The molecule has 0 radical (unpaired) electrons. The van der Waals surface area contributed by atoms with E-state index in [1.165, 1.54) is 0 Å². The molecule has 0 amide bonds. The normalized spacial score (nSPS) is 10.9. The minimum absolute atomic E-state index is 0.783. The molecule has 0 spiro atoms. The molecule has 14 heavy (non-hydrogen) atoms. The molecule has 0 saturated heterocycles. The quantitative estimate of drug-likeness (QED) is 0.697. The van der Waals surface area contributed by atoms with E-state index in [2.05, 4.69) is 20.9 Å². The van der Waals surface area contributed by atoms with Crippen LogP contribution in [-0.2, 0) is 0 Å². The van der Waals surface area contributed by atoms with Crippen molar-refractivity contribution < 1.29 is 0 Å². The number of aromatic nitrogens is 1. The number of benzene rings is 1. The van der Waals surface area contributed by atoms with Crippen LogP contribution in [0.5, 0.6) is 0 Å². The van der Waals surface area contributed by atoms with Gasteiger partial charge in [0, 0.05) is 16.1 Å². The molecule has 1 aromatic carbocycles. The van der Waals surface area contributed by atoms with Gasteiger partial charge in [0.05, 0.1) is 10.5 Å². The first kappa shape index (κ1) is 9.94. The van der Waals surface area contributed by atoms with Gasteiger partial charge in [0.2, 0.25) is 0 Å². The first-order chi connectivity index (χ1) is 6.61. The Kier molecular flexibility index (Phi) is 2.50. The van der Waals surface area contributed by atoms with E-state index < -0.39 is 0 Å². The Morgan fingerprint density at radius 3 is 2.64 bits per heavy atom. The highest BCUT2D eigenvalue weighted by molar-refractivity contribution is 9.10. The van der Waals surface area contributed by atoms with Gasteiger partial charge < -0.3 is 0 Å². The highest BCUT2D eigenvalue weighted by Gasteiger charge is 2.08. The Balaban J connectivity index is 3.01. The molecule has 0 saturated carbocycles. The molecule has 0 aliphatic carbocycles. The van der Waals surface area contributed by atoms with Gasteiger partial charge in [0.1, 0.15) is 0 Å². The van der Waals surface area contributed by atoms with Crippen molar-refractivity contribution in [2.75, 3.05) is 0 Å². The molecular formula is C11H9BrClN. The summed E-state index contributed by atoms with van der Waals surface area (Å²) in [7, 11) is 0. The predicted molar refractivity (Wildman–Crippen MR) is 63.9 cm³/mol. The molecule has 0 unspecified atom stereocenters. The molecule has 0 aliphatic rings. The van der Waals surface area contributed by atoms with Crippen LogP contribution >= 0.6 is 27.5 Å². The van der Waals surface area contributed by atoms with Gasteiger partial charge in [-0.2, -0.15) is 0 Å². The molecule has 72 valence electrons. The largest absolute Gasteiger partial charge is 0.256 e. The second-order valence-electron chi connectivity index (χ2n) is 3.34. The van der Waals surface area contributed by atoms with Crippen LogP contribution in [0.3, 0.4) is 0 Å². The zero-order valence-corrected chi connectivity index (χ0v) is 10.3. The van der Waals surface area contributed by atoms with Gasteiger partial charge in [-0.25, -0.2) is 0 Å². The fourth-order valence-corrected chi connectivity index (χ4v) is 2.33. The van der Waals surface area contributed by atoms with Crippen LogP contribution in [0, 0.1) is 13.8 Å². The predicted octanol–water partition coefficient (Wildman–Crippen LogP) is 4.27. The molecular weight excluding hydrogens is 261 g/mol. The second kappa shape index (κ2) is 3.52. The molecule has 0 N–H and O–H groups in total. The average Bonchev–Trinajstić information content (AvgIpc) is 2.16. The molecule has 2 rings (SSSR count). The van der Waals surface area contributed by atoms with Gasteiger partial charge in [-0.15, -0.1) is 0 Å². The van der Waals surface area contributed by atoms with Crippen molar-refractivity contribution in [3.63, 3.8) is 0 Å². The molecule has 0 aliphatic heterocycles. The van der Waals surface area contributed by atoms with Crippen LogP contribution in [0.4, 0.5) is 0 Å². The Bertz CT molecular complexity index is 508. The molecule has 0 atom stereocenters. The monoisotopic (exact) mass is 269 g/mol. The Morgan fingerprint density at radius 1 is 1.21 bits per heavy atom. The average molecular weight is 271 g/mol. The van der Waals surface area contributed by atoms with E-state index in [0.29, 0.717) is 0 Å². The van der Waals surface area contributed by atoms with Gasteiger partial charge >= 0.3 is 0 Å². The molecule has 0 bridgehead atoms. The molecule has 1 nitrogen and oxygen atoms in total. The second-order valence-corrected chi connectivity index (χ2v) is 4.58. The summed E-state index contributed by atoms with van der Waals surface area (Å²) in [5.41, 5.74) is 3.12. The van der Waals surface area contributed by atoms with Gasteiger partial charge in [-0.1, -0.05) is 33.6 Å². The van der Waals surface area contributed by atoms with E-state index in [-0.39, 0.29) is 0 Å². The first-order valence-corrected chi connectivity index (χ1v) is 5.48. The van der Waals surface area contributed by atoms with Crippen LogP contribution in [0.2, 0.25) is 5.02 Å². The van der Waals surface area contributed by atoms with Crippen LogP contribution in [-0.4, -0.2) is 4.98 Å². The molecule has 1 aromatic heterocycles. The van der Waals surface area contributed by atoms with E-state index in [0.717, 1.165) is 31.5 Å². The van der Waals surface area contributed by atoms with Gasteiger partial charge in [0.25, 0.3) is 0 Å². The van der Waals surface area contributed by atoms with Crippen molar-refractivity contribution in [2.45, 2.75) is 13.8 Å². The minimum Gasteiger partial charge on any atom is -0.256 e.